The number of carboxylic acids is 1. The zero-order valence-corrected chi connectivity index (χ0v) is 63.4. The second kappa shape index (κ2) is 36.6. The van der Waals surface area contributed by atoms with E-state index in [4.69, 9.17) is 100 Å². The van der Waals surface area contributed by atoms with Crippen LogP contribution in [0.3, 0.4) is 0 Å². The maximum absolute atomic E-state index is 12.6. The van der Waals surface area contributed by atoms with Crippen molar-refractivity contribution in [3.63, 3.8) is 0 Å². The number of methoxy groups -OCH3 is 10. The number of carboxylic acid groups (broad SMARTS) is 1. The van der Waals surface area contributed by atoms with Crippen LogP contribution in [-0.2, 0) is 43.0 Å². The molecule has 0 saturated carbocycles. The number of rotatable bonds is 21. The van der Waals surface area contributed by atoms with Gasteiger partial charge in [-0.2, -0.15) is 0 Å². The lowest BCUT2D eigenvalue weighted by atomic mass is 9.89. The summed E-state index contributed by atoms with van der Waals surface area (Å²) < 4.78 is 92.9. The molecule has 1 saturated heterocycles. The number of carbonyl (C=O) groups is 5. The molecule has 31 heteroatoms. The SMILES string of the molecule is CCOC(=O)C(C)c1cc2cc(OC)cc(OC)c2c(=O)o1.COc1cc(OC)c2c(=O)oc(C(C)=C=O)cc2c1.COc1cc(OC)c2c(=O)oc(C(C)C(=O)Cl)cc2c1.COc1cc(OC)c2c(=O)oc(C(C)C(=O)O)cc2c1.COc1cc(OC)c2c(=O)oc([C@@H](C)C(=O)O[C@H]3C(=O)OCC3(C)C)cc2c1. The van der Waals surface area contributed by atoms with Crippen LogP contribution in [0.5, 0.6) is 57.5 Å². The summed E-state index contributed by atoms with van der Waals surface area (Å²) in [7, 11) is 14.8. The lowest BCUT2D eigenvalue weighted by Gasteiger charge is -2.23. The predicted molar refractivity (Wildman–Crippen MR) is 396 cm³/mol. The van der Waals surface area contributed by atoms with Gasteiger partial charge in [0.25, 0.3) is 0 Å². The van der Waals surface area contributed by atoms with Crippen molar-refractivity contribution < 1.29 is 118 Å². The minimum Gasteiger partial charge on any atom is -0.497 e. The number of allylic oxidation sites excluding steroid dienone is 1. The van der Waals surface area contributed by atoms with Gasteiger partial charge in [0.05, 0.1) is 89.2 Å². The van der Waals surface area contributed by atoms with Crippen LogP contribution < -0.4 is 75.5 Å². The molecule has 0 bridgehead atoms. The molecule has 11 rings (SSSR count). The molecule has 0 amide bonds. The second-order valence-electron chi connectivity index (χ2n) is 24.5. The highest BCUT2D eigenvalue weighted by Crippen LogP contribution is 2.38. The quantitative estimate of drug-likeness (QED) is 0.0302. The molecule has 30 nitrogen and oxygen atoms in total. The van der Waals surface area contributed by atoms with Crippen molar-refractivity contribution in [2.24, 2.45) is 5.41 Å². The summed E-state index contributed by atoms with van der Waals surface area (Å²) in [4.78, 5) is 130. The number of cyclic esters (lactones) is 1. The highest BCUT2D eigenvalue weighted by Gasteiger charge is 2.47. The Kier molecular flexibility index (Phi) is 28.1. The smallest absolute Gasteiger partial charge is 0.348 e. The molecule has 109 heavy (non-hydrogen) atoms. The number of hydrogen-bond acceptors (Lipinski definition) is 29. The van der Waals surface area contributed by atoms with Gasteiger partial charge in [0.1, 0.15) is 144 Å². The molecule has 1 aliphatic rings. The lowest BCUT2D eigenvalue weighted by molar-refractivity contribution is -0.164. The fourth-order valence-electron chi connectivity index (χ4n) is 10.8. The Morgan fingerprint density at radius 1 is 0.450 bits per heavy atom. The van der Waals surface area contributed by atoms with E-state index in [-0.39, 0.29) is 58.4 Å². The summed E-state index contributed by atoms with van der Waals surface area (Å²) in [6.07, 6.45) is -1.00. The van der Waals surface area contributed by atoms with E-state index in [1.165, 1.54) is 97.9 Å². The van der Waals surface area contributed by atoms with Crippen molar-refractivity contribution in [1.82, 2.24) is 0 Å². The molecular weight excluding hydrogens is 1450 g/mol. The molecule has 0 radical (unpaired) electrons. The fraction of sp³-hybridized carbons (Fsp3) is 0.333. The Balaban J connectivity index is 0.000000191. The Labute approximate surface area is 625 Å². The van der Waals surface area contributed by atoms with Gasteiger partial charge in [-0.25, -0.2) is 33.6 Å². The van der Waals surface area contributed by atoms with E-state index in [1.54, 1.807) is 125 Å². The minimum absolute atomic E-state index is 0.0882. The van der Waals surface area contributed by atoms with E-state index >= 15 is 0 Å². The van der Waals surface area contributed by atoms with Gasteiger partial charge in [-0.05, 0) is 135 Å². The van der Waals surface area contributed by atoms with E-state index in [9.17, 15) is 52.7 Å². The molecule has 1 aliphatic heterocycles. The summed E-state index contributed by atoms with van der Waals surface area (Å²) >= 11 is 5.43. The topological polar surface area (TPSA) is 394 Å². The highest BCUT2D eigenvalue weighted by molar-refractivity contribution is 6.64. The van der Waals surface area contributed by atoms with Gasteiger partial charge in [-0.15, -0.1) is 0 Å². The third kappa shape index (κ3) is 19.2. The zero-order valence-electron chi connectivity index (χ0n) is 62.6. The molecule has 5 atom stereocenters. The van der Waals surface area contributed by atoms with Crippen molar-refractivity contribution >= 4 is 106 Å². The van der Waals surface area contributed by atoms with Crippen LogP contribution in [-0.4, -0.2) is 131 Å². The van der Waals surface area contributed by atoms with E-state index in [0.29, 0.717) is 101 Å². The molecule has 1 N–H and O–H groups in total. The first kappa shape index (κ1) is 83.7. The first-order chi connectivity index (χ1) is 51.7. The summed E-state index contributed by atoms with van der Waals surface area (Å²) in [5, 5.41) is 12.6. The van der Waals surface area contributed by atoms with Gasteiger partial charge >= 0.3 is 52.0 Å². The fourth-order valence-corrected chi connectivity index (χ4v) is 10.9. The Morgan fingerprint density at radius 3 is 1.01 bits per heavy atom. The van der Waals surface area contributed by atoms with Gasteiger partial charge in [0, 0.05) is 41.1 Å². The third-order valence-electron chi connectivity index (χ3n) is 17.0. The zero-order chi connectivity index (χ0) is 80.6. The first-order valence-corrected chi connectivity index (χ1v) is 33.3. The normalized spacial score (nSPS) is 13.6. The molecule has 1 fully saturated rings. The number of halogens is 1. The molecular formula is C78H79ClO30. The Hall–Kier alpha value is -12.6. The number of aliphatic carboxylic acids is 1. The number of carbonyl (C=O) groups excluding carboxylic acids is 5. The average Bonchev–Trinajstić information content (AvgIpc) is 1.36. The number of fused-ring (bicyclic) bond motifs is 5. The summed E-state index contributed by atoms with van der Waals surface area (Å²) in [6, 6.07) is 24.1. The molecule has 0 aliphatic carbocycles. The van der Waals surface area contributed by atoms with Crippen molar-refractivity contribution in [2.75, 3.05) is 84.3 Å². The molecule has 0 spiro atoms. The van der Waals surface area contributed by atoms with Crippen LogP contribution in [0.25, 0.3) is 59.4 Å². The largest absolute Gasteiger partial charge is 0.497 e. The van der Waals surface area contributed by atoms with Crippen molar-refractivity contribution in [1.29, 1.82) is 0 Å². The monoisotopic (exact) mass is 1530 g/mol. The number of hydrogen-bond donors (Lipinski definition) is 1. The van der Waals surface area contributed by atoms with Gasteiger partial charge in [-0.1, -0.05) is 13.8 Å². The Bertz CT molecular complexity index is 5330. The van der Waals surface area contributed by atoms with Gasteiger partial charge in [-0.3, -0.25) is 19.2 Å². The van der Waals surface area contributed by atoms with E-state index in [1.807, 2.05) is 0 Å². The first-order valence-electron chi connectivity index (χ1n) is 32.9. The van der Waals surface area contributed by atoms with Gasteiger partial charge < -0.3 is 88.8 Å². The van der Waals surface area contributed by atoms with Gasteiger partial charge in [0.2, 0.25) is 11.3 Å². The van der Waals surface area contributed by atoms with Crippen LogP contribution in [0, 0.1) is 5.41 Å². The van der Waals surface area contributed by atoms with E-state index in [0.717, 1.165) is 0 Å². The molecule has 5 aromatic carbocycles. The van der Waals surface area contributed by atoms with Crippen LogP contribution in [0.2, 0.25) is 0 Å². The van der Waals surface area contributed by atoms with E-state index < -0.39 is 92.4 Å². The van der Waals surface area contributed by atoms with Crippen LogP contribution in [0.15, 0.2) is 137 Å². The number of ether oxygens (including phenoxy) is 13. The van der Waals surface area contributed by atoms with Crippen molar-refractivity contribution in [2.45, 2.75) is 85.2 Å². The third-order valence-corrected chi connectivity index (χ3v) is 17.4. The van der Waals surface area contributed by atoms with E-state index in [2.05, 4.69) is 0 Å². The summed E-state index contributed by atoms with van der Waals surface area (Å²) in [5.41, 5.74) is -3.40. The standard InChI is InChI=1S/C20H22O8.C16H18O6.C14H13ClO5.C14H14O6.C14H12O5/c1-10(17(21)28-16-19(23)26-9-20(16,2)3)13-7-11-6-12(24-4)8-14(25-5)15(11)18(22)27-13;1-5-21-15(17)9(2)12-7-10-6-11(19-3)8-13(20-4)14(10)16(18)22-12;2*1-7(13(15)16)10-5-8-4-9(18-2)6-11(19-3)12(8)14(17)20-10;1-8(7-15)11-5-9-4-10(17-2)6-12(18-3)13(9)14(16)19-11/h6-8,10,16H,9H2,1-5H3;6-9H,5H2,1-4H3;4-7H,1-3H3;4-7H,1-3H3,(H,15,16);4-6H,1-3H3/t10-,16+;;;;/m1..../s1. The average molecular weight is 1530 g/mol. The molecule has 578 valence electrons. The van der Waals surface area contributed by atoms with Crippen LogP contribution in [0.4, 0.5) is 0 Å². The molecule has 5 aromatic heterocycles. The molecule has 6 heterocycles. The van der Waals surface area contributed by atoms with Crippen LogP contribution in [0.1, 0.15) is 108 Å². The summed E-state index contributed by atoms with van der Waals surface area (Å²) in [5.74, 6) is 0.898. The maximum Gasteiger partial charge on any atom is 0.348 e. The summed E-state index contributed by atoms with van der Waals surface area (Å²) in [6.45, 7) is 13.4. The van der Waals surface area contributed by atoms with Crippen LogP contribution >= 0.6 is 11.6 Å². The minimum atomic E-state index is -1.07. The van der Waals surface area contributed by atoms with Crippen molar-refractivity contribution in [3.05, 3.63) is 172 Å². The second-order valence-corrected chi connectivity index (χ2v) is 24.9. The predicted octanol–water partition coefficient (Wildman–Crippen LogP) is 11.6. The van der Waals surface area contributed by atoms with Crippen molar-refractivity contribution in [3.8, 4) is 57.5 Å². The molecule has 3 unspecified atom stereocenters. The highest BCUT2D eigenvalue weighted by atomic mass is 35.5. The lowest BCUT2D eigenvalue weighted by Crippen LogP contribution is -2.36. The number of benzene rings is 5. The maximum atomic E-state index is 12.6. The number of esters is 3. The van der Waals surface area contributed by atoms with Gasteiger partial charge in [0.15, 0.2) is 0 Å². The molecule has 10 aromatic rings. The Morgan fingerprint density at radius 2 is 0.743 bits per heavy atom.